The van der Waals surface area contributed by atoms with Crippen molar-refractivity contribution in [2.75, 3.05) is 40.8 Å². The van der Waals surface area contributed by atoms with E-state index in [0.29, 0.717) is 37.1 Å². The molecule has 0 saturated carbocycles. The van der Waals surface area contributed by atoms with Crippen molar-refractivity contribution < 1.29 is 17.9 Å². The number of nitrogens with zero attached hydrogens (tertiary/aromatic N) is 3. The third kappa shape index (κ3) is 9.04. The van der Waals surface area contributed by atoms with Gasteiger partial charge < -0.3 is 20.3 Å². The van der Waals surface area contributed by atoms with Crippen LogP contribution in [0.15, 0.2) is 34.6 Å². The van der Waals surface area contributed by atoms with E-state index < -0.39 is 11.9 Å². The fourth-order valence-corrected chi connectivity index (χ4v) is 3.18. The number of aromatic nitrogens is 1. The summed E-state index contributed by atoms with van der Waals surface area (Å²) in [5.41, 5.74) is 0.148. The van der Waals surface area contributed by atoms with Gasteiger partial charge in [-0.1, -0.05) is 18.2 Å². The molecule has 0 spiro atoms. The topological polar surface area (TPSA) is 61.8 Å². The second-order valence-electron chi connectivity index (χ2n) is 6.49. The Morgan fingerprint density at radius 2 is 1.97 bits per heavy atom. The van der Waals surface area contributed by atoms with E-state index in [1.54, 1.807) is 7.05 Å². The number of aliphatic imine (C=N–C) groups is 1. The second-order valence-corrected chi connectivity index (χ2v) is 7.43. The average Bonchev–Trinajstić information content (AvgIpc) is 3.14. The number of halogens is 4. The van der Waals surface area contributed by atoms with Gasteiger partial charge in [0.15, 0.2) is 11.7 Å². The molecule has 0 fully saturated rings. The van der Waals surface area contributed by atoms with Crippen molar-refractivity contribution in [2.24, 2.45) is 4.99 Å². The van der Waals surface area contributed by atoms with Gasteiger partial charge in [0.2, 0.25) is 0 Å². The summed E-state index contributed by atoms with van der Waals surface area (Å²) < 4.78 is 43.7. The first kappa shape index (κ1) is 26.4. The normalized spacial score (nSPS) is 11.9. The minimum absolute atomic E-state index is 0. The first-order chi connectivity index (χ1) is 13.8. The fourth-order valence-electron chi connectivity index (χ4n) is 2.37. The van der Waals surface area contributed by atoms with E-state index in [9.17, 15) is 13.2 Å². The van der Waals surface area contributed by atoms with Gasteiger partial charge in [0.25, 0.3) is 0 Å². The molecule has 2 aromatic rings. The molecule has 30 heavy (non-hydrogen) atoms. The van der Waals surface area contributed by atoms with Crippen LogP contribution in [-0.4, -0.2) is 56.7 Å². The predicted molar refractivity (Wildman–Crippen MR) is 125 cm³/mol. The summed E-state index contributed by atoms with van der Waals surface area (Å²) in [7, 11) is 5.62. The predicted octanol–water partition coefficient (Wildman–Crippen LogP) is 3.63. The van der Waals surface area contributed by atoms with E-state index >= 15 is 0 Å². The van der Waals surface area contributed by atoms with E-state index in [1.807, 2.05) is 43.3 Å². The molecule has 168 valence electrons. The highest BCUT2D eigenvalue weighted by molar-refractivity contribution is 14.0. The van der Waals surface area contributed by atoms with Crippen LogP contribution in [0.1, 0.15) is 16.3 Å². The van der Waals surface area contributed by atoms with Crippen molar-refractivity contribution in [3.63, 3.8) is 0 Å². The van der Waals surface area contributed by atoms with Crippen molar-refractivity contribution in [1.29, 1.82) is 0 Å². The van der Waals surface area contributed by atoms with Crippen molar-refractivity contribution in [3.05, 3.63) is 45.9 Å². The van der Waals surface area contributed by atoms with Crippen molar-refractivity contribution >= 4 is 41.3 Å². The van der Waals surface area contributed by atoms with E-state index in [-0.39, 0.29) is 24.0 Å². The number of alkyl halides is 3. The van der Waals surface area contributed by atoms with Crippen LogP contribution in [0, 0.1) is 0 Å². The number of hydrogen-bond acceptors (Lipinski definition) is 5. The molecule has 0 aliphatic rings. The molecule has 0 bridgehead atoms. The Morgan fingerprint density at radius 3 is 2.60 bits per heavy atom. The second kappa shape index (κ2) is 13.0. The van der Waals surface area contributed by atoms with Crippen LogP contribution in [0.3, 0.4) is 0 Å². The molecule has 0 amide bonds. The van der Waals surface area contributed by atoms with Gasteiger partial charge in [0.05, 0.1) is 5.01 Å². The molecule has 1 aromatic carbocycles. The summed E-state index contributed by atoms with van der Waals surface area (Å²) in [6.45, 7) is 2.33. The molecule has 0 saturated heterocycles. The third-order valence-corrected chi connectivity index (χ3v) is 4.82. The maximum Gasteiger partial charge on any atom is 0.434 e. The number of ether oxygens (including phenoxy) is 1. The lowest BCUT2D eigenvalue weighted by molar-refractivity contribution is -0.140. The van der Waals surface area contributed by atoms with Gasteiger partial charge in [0, 0.05) is 44.0 Å². The Kier molecular flexibility index (Phi) is 11.4. The van der Waals surface area contributed by atoms with Gasteiger partial charge in [0.1, 0.15) is 12.4 Å². The maximum atomic E-state index is 12.6. The summed E-state index contributed by atoms with van der Waals surface area (Å²) in [4.78, 5) is 9.82. The highest BCUT2D eigenvalue weighted by atomic mass is 127. The van der Waals surface area contributed by atoms with Gasteiger partial charge >= 0.3 is 6.18 Å². The first-order valence-corrected chi connectivity index (χ1v) is 9.99. The summed E-state index contributed by atoms with van der Waals surface area (Å²) in [6, 6.07) is 7.75. The van der Waals surface area contributed by atoms with E-state index in [2.05, 4.69) is 20.6 Å². The van der Waals surface area contributed by atoms with E-state index in [0.717, 1.165) is 34.6 Å². The lowest BCUT2D eigenvalue weighted by Crippen LogP contribution is -2.38. The summed E-state index contributed by atoms with van der Waals surface area (Å²) in [5, 5.41) is 7.75. The molecular weight excluding hydrogens is 530 g/mol. The summed E-state index contributed by atoms with van der Waals surface area (Å²) in [6.07, 6.45) is -4.02. The van der Waals surface area contributed by atoms with Crippen LogP contribution in [0.2, 0.25) is 0 Å². The van der Waals surface area contributed by atoms with Crippen molar-refractivity contribution in [1.82, 2.24) is 20.5 Å². The standard InChI is InChI=1S/C19H26F3N5OS.HI/c1-23-18(24-9-8-17-26-16(13-29-17)19(20,21)22)25-12-14-6-4-5-7-15(14)28-11-10-27(2)3;/h4-7,13H,8-12H2,1-3H3,(H2,23,24,25);1H. The number of rotatable bonds is 9. The molecule has 11 heteroatoms. The van der Waals surface area contributed by atoms with Gasteiger partial charge in [-0.3, -0.25) is 4.99 Å². The number of hydrogen-bond donors (Lipinski definition) is 2. The highest BCUT2D eigenvalue weighted by Crippen LogP contribution is 2.30. The number of likely N-dealkylation sites (N-methyl/N-ethyl adjacent to an activating group) is 1. The molecule has 1 heterocycles. The zero-order valence-electron chi connectivity index (χ0n) is 17.1. The van der Waals surface area contributed by atoms with E-state index in [4.69, 9.17) is 4.74 Å². The molecule has 2 rings (SSSR count). The van der Waals surface area contributed by atoms with Crippen LogP contribution in [0.4, 0.5) is 13.2 Å². The van der Waals surface area contributed by atoms with Gasteiger partial charge in [-0.15, -0.1) is 35.3 Å². The maximum absolute atomic E-state index is 12.6. The Hall–Kier alpha value is -1.60. The number of benzene rings is 1. The molecule has 0 aliphatic carbocycles. The van der Waals surface area contributed by atoms with Crippen molar-refractivity contribution in [3.8, 4) is 5.75 Å². The molecule has 0 unspecified atom stereocenters. The highest BCUT2D eigenvalue weighted by Gasteiger charge is 2.33. The van der Waals surface area contributed by atoms with Crippen LogP contribution in [-0.2, 0) is 19.1 Å². The minimum atomic E-state index is -4.40. The zero-order chi connectivity index (χ0) is 21.3. The molecular formula is C19H27F3IN5OS. The molecule has 0 radical (unpaired) electrons. The van der Waals surface area contributed by atoms with Gasteiger partial charge in [-0.05, 0) is 20.2 Å². The zero-order valence-corrected chi connectivity index (χ0v) is 20.3. The average molecular weight is 557 g/mol. The Labute approximate surface area is 196 Å². The lowest BCUT2D eigenvalue weighted by atomic mass is 10.2. The Morgan fingerprint density at radius 1 is 1.23 bits per heavy atom. The monoisotopic (exact) mass is 557 g/mol. The molecule has 0 atom stereocenters. The Balaban J connectivity index is 0.00000450. The number of para-hydroxylation sites is 1. The van der Waals surface area contributed by atoms with Crippen LogP contribution in [0.25, 0.3) is 0 Å². The summed E-state index contributed by atoms with van der Waals surface area (Å²) in [5.74, 6) is 1.36. The minimum Gasteiger partial charge on any atom is -0.492 e. The first-order valence-electron chi connectivity index (χ1n) is 9.11. The van der Waals surface area contributed by atoms with Gasteiger partial charge in [-0.2, -0.15) is 13.2 Å². The lowest BCUT2D eigenvalue weighted by Gasteiger charge is -2.16. The fraction of sp³-hybridized carbons (Fsp3) is 0.474. The van der Waals surface area contributed by atoms with E-state index in [1.165, 1.54) is 0 Å². The SMILES string of the molecule is CN=C(NCCc1nc(C(F)(F)F)cs1)NCc1ccccc1OCCN(C)C.I. The van der Waals surface area contributed by atoms with Crippen LogP contribution >= 0.6 is 35.3 Å². The number of guanidine groups is 1. The quantitative estimate of drug-likeness (QED) is 0.280. The smallest absolute Gasteiger partial charge is 0.434 e. The van der Waals surface area contributed by atoms with Gasteiger partial charge in [-0.25, -0.2) is 4.98 Å². The molecule has 0 aliphatic heterocycles. The van der Waals surface area contributed by atoms with Crippen molar-refractivity contribution in [2.45, 2.75) is 19.1 Å². The Bertz CT molecular complexity index is 798. The molecule has 2 N–H and O–H groups in total. The van der Waals surface area contributed by atoms with Crippen LogP contribution in [0.5, 0.6) is 5.75 Å². The molecule has 6 nitrogen and oxygen atoms in total. The third-order valence-electron chi connectivity index (χ3n) is 3.91. The number of thiazole rings is 1. The number of nitrogens with one attached hydrogen (secondary N) is 2. The summed E-state index contributed by atoms with van der Waals surface area (Å²) >= 11 is 1.01. The largest absolute Gasteiger partial charge is 0.492 e. The molecule has 1 aromatic heterocycles. The van der Waals surface area contributed by atoms with Crippen LogP contribution < -0.4 is 15.4 Å².